The van der Waals surface area contributed by atoms with Crippen molar-refractivity contribution in [2.45, 2.75) is 31.7 Å². The molecule has 1 fully saturated rings. The van der Waals surface area contributed by atoms with E-state index in [9.17, 15) is 13.6 Å². The Labute approximate surface area is 151 Å². The summed E-state index contributed by atoms with van der Waals surface area (Å²) in [5, 5.41) is 5.63. The smallest absolute Gasteiger partial charge is 0.319 e. The van der Waals surface area contributed by atoms with Crippen LogP contribution in [0.25, 0.3) is 0 Å². The molecule has 0 spiro atoms. The zero-order valence-electron chi connectivity index (χ0n) is 14.6. The standard InChI is InChI=1S/C20H22F2N2O2/c1-14-3-2-4-17(22)18(14)23-19(25)24-20(9-11-26-12-10-20)13-15-5-7-16(21)8-6-15/h2-8H,9-13H2,1H3,(H2,23,24,25). The number of halogens is 2. The fourth-order valence-corrected chi connectivity index (χ4v) is 3.28. The molecule has 0 atom stereocenters. The van der Waals surface area contributed by atoms with Gasteiger partial charge in [0.2, 0.25) is 0 Å². The maximum atomic E-state index is 14.0. The number of hydrogen-bond donors (Lipinski definition) is 2. The van der Waals surface area contributed by atoms with Crippen LogP contribution in [0.3, 0.4) is 0 Å². The van der Waals surface area contributed by atoms with E-state index in [1.807, 2.05) is 0 Å². The Bertz CT molecular complexity index is 752. The highest BCUT2D eigenvalue weighted by Crippen LogP contribution is 2.26. The number of benzene rings is 2. The number of hydrogen-bond acceptors (Lipinski definition) is 2. The van der Waals surface area contributed by atoms with Crippen molar-refractivity contribution in [3.63, 3.8) is 0 Å². The van der Waals surface area contributed by atoms with Gasteiger partial charge >= 0.3 is 6.03 Å². The van der Waals surface area contributed by atoms with Crippen LogP contribution in [0.15, 0.2) is 42.5 Å². The predicted molar refractivity (Wildman–Crippen MR) is 96.2 cm³/mol. The van der Waals surface area contributed by atoms with Crippen LogP contribution < -0.4 is 10.6 Å². The Morgan fingerprint density at radius 3 is 2.46 bits per heavy atom. The second kappa shape index (κ2) is 7.83. The summed E-state index contributed by atoms with van der Waals surface area (Å²) in [5.74, 6) is -0.768. The number of nitrogens with one attached hydrogen (secondary N) is 2. The third-order valence-electron chi connectivity index (χ3n) is 4.74. The van der Waals surface area contributed by atoms with Crippen molar-refractivity contribution in [1.82, 2.24) is 5.32 Å². The van der Waals surface area contributed by atoms with E-state index < -0.39 is 17.4 Å². The highest BCUT2D eigenvalue weighted by atomic mass is 19.1. The van der Waals surface area contributed by atoms with Gasteiger partial charge in [-0.15, -0.1) is 0 Å². The van der Waals surface area contributed by atoms with Gasteiger partial charge < -0.3 is 15.4 Å². The normalized spacial score (nSPS) is 16.1. The molecule has 1 saturated heterocycles. The first-order valence-electron chi connectivity index (χ1n) is 8.64. The average molecular weight is 360 g/mol. The molecule has 1 heterocycles. The van der Waals surface area contributed by atoms with E-state index in [0.717, 1.165) is 5.56 Å². The number of aryl methyl sites for hydroxylation is 1. The molecule has 2 aromatic rings. The second-order valence-corrected chi connectivity index (χ2v) is 6.71. The van der Waals surface area contributed by atoms with Gasteiger partial charge in [-0.3, -0.25) is 0 Å². The molecule has 1 aliphatic rings. The summed E-state index contributed by atoms with van der Waals surface area (Å²) < 4.78 is 32.6. The minimum Gasteiger partial charge on any atom is -0.381 e. The van der Waals surface area contributed by atoms with Crippen LogP contribution in [-0.2, 0) is 11.2 Å². The van der Waals surface area contributed by atoms with Gasteiger partial charge in [-0.2, -0.15) is 0 Å². The second-order valence-electron chi connectivity index (χ2n) is 6.71. The fraction of sp³-hybridized carbons (Fsp3) is 0.350. The summed E-state index contributed by atoms with van der Waals surface area (Å²) in [6, 6.07) is 10.4. The van der Waals surface area contributed by atoms with Crippen LogP contribution in [0, 0.1) is 18.6 Å². The predicted octanol–water partition coefficient (Wildman–Crippen LogP) is 4.19. The van der Waals surface area contributed by atoms with E-state index in [-0.39, 0.29) is 11.5 Å². The number of carbonyl (C=O) groups is 1. The molecule has 0 radical (unpaired) electrons. The third-order valence-corrected chi connectivity index (χ3v) is 4.74. The molecule has 0 unspecified atom stereocenters. The number of rotatable bonds is 4. The lowest BCUT2D eigenvalue weighted by Crippen LogP contribution is -2.54. The van der Waals surface area contributed by atoms with Crippen molar-refractivity contribution in [2.75, 3.05) is 18.5 Å². The molecule has 4 nitrogen and oxygen atoms in total. The average Bonchev–Trinajstić information content (AvgIpc) is 2.61. The summed E-state index contributed by atoms with van der Waals surface area (Å²) >= 11 is 0. The number of anilines is 1. The Balaban J connectivity index is 1.75. The lowest BCUT2D eigenvalue weighted by molar-refractivity contribution is 0.0432. The van der Waals surface area contributed by atoms with E-state index in [4.69, 9.17) is 4.74 Å². The van der Waals surface area contributed by atoms with Gasteiger partial charge in [-0.05, 0) is 55.5 Å². The molecule has 26 heavy (non-hydrogen) atoms. The van der Waals surface area contributed by atoms with Gasteiger partial charge in [0.1, 0.15) is 11.6 Å². The zero-order chi connectivity index (χ0) is 18.6. The number of urea groups is 1. The van der Waals surface area contributed by atoms with Gasteiger partial charge in [-0.25, -0.2) is 13.6 Å². The highest BCUT2D eigenvalue weighted by Gasteiger charge is 2.34. The van der Waals surface area contributed by atoms with Crippen LogP contribution in [0.4, 0.5) is 19.3 Å². The quantitative estimate of drug-likeness (QED) is 0.859. The molecular formula is C20H22F2N2O2. The van der Waals surface area contributed by atoms with E-state index in [2.05, 4.69) is 10.6 Å². The SMILES string of the molecule is Cc1cccc(F)c1NC(=O)NC1(Cc2ccc(F)cc2)CCOCC1. The molecule has 0 aliphatic carbocycles. The summed E-state index contributed by atoms with van der Waals surface area (Å²) in [5.41, 5.74) is 1.24. The number of para-hydroxylation sites is 1. The number of carbonyl (C=O) groups excluding carboxylic acids is 1. The van der Waals surface area contributed by atoms with Crippen molar-refractivity contribution in [1.29, 1.82) is 0 Å². The minimum atomic E-state index is -0.515. The monoisotopic (exact) mass is 360 g/mol. The van der Waals surface area contributed by atoms with Gasteiger partial charge in [0.25, 0.3) is 0 Å². The fourth-order valence-electron chi connectivity index (χ4n) is 3.28. The topological polar surface area (TPSA) is 50.4 Å². The molecule has 1 aliphatic heterocycles. The molecule has 0 bridgehead atoms. The molecule has 2 aromatic carbocycles. The van der Waals surface area contributed by atoms with Crippen molar-refractivity contribution in [3.8, 4) is 0 Å². The summed E-state index contributed by atoms with van der Waals surface area (Å²) in [4.78, 5) is 12.5. The lowest BCUT2D eigenvalue weighted by atomic mass is 9.83. The maximum absolute atomic E-state index is 14.0. The van der Waals surface area contributed by atoms with Crippen LogP contribution in [0.1, 0.15) is 24.0 Å². The van der Waals surface area contributed by atoms with Crippen LogP contribution in [0.2, 0.25) is 0 Å². The van der Waals surface area contributed by atoms with E-state index in [0.29, 0.717) is 38.0 Å². The molecule has 3 rings (SSSR count). The first-order chi connectivity index (χ1) is 12.5. The third kappa shape index (κ3) is 4.38. The number of amides is 2. The number of ether oxygens (including phenoxy) is 1. The summed E-state index contributed by atoms with van der Waals surface area (Å²) in [7, 11) is 0. The first-order valence-corrected chi connectivity index (χ1v) is 8.64. The van der Waals surface area contributed by atoms with Crippen LogP contribution in [0.5, 0.6) is 0 Å². The molecule has 0 saturated carbocycles. The van der Waals surface area contributed by atoms with Crippen molar-refractivity contribution < 1.29 is 18.3 Å². The van der Waals surface area contributed by atoms with Gasteiger partial charge in [0.05, 0.1) is 11.2 Å². The molecule has 0 aromatic heterocycles. The molecule has 2 N–H and O–H groups in total. The zero-order valence-corrected chi connectivity index (χ0v) is 14.6. The maximum Gasteiger partial charge on any atom is 0.319 e. The van der Waals surface area contributed by atoms with Crippen molar-refractivity contribution in [3.05, 3.63) is 65.2 Å². The minimum absolute atomic E-state index is 0.175. The van der Waals surface area contributed by atoms with E-state index in [1.165, 1.54) is 18.2 Å². The summed E-state index contributed by atoms with van der Waals surface area (Å²) in [6.45, 7) is 2.79. The Morgan fingerprint density at radius 1 is 1.12 bits per heavy atom. The Morgan fingerprint density at radius 2 is 1.81 bits per heavy atom. The largest absolute Gasteiger partial charge is 0.381 e. The van der Waals surface area contributed by atoms with Crippen molar-refractivity contribution >= 4 is 11.7 Å². The van der Waals surface area contributed by atoms with Crippen LogP contribution in [-0.4, -0.2) is 24.8 Å². The lowest BCUT2D eigenvalue weighted by Gasteiger charge is -2.38. The van der Waals surface area contributed by atoms with Crippen LogP contribution >= 0.6 is 0 Å². The Kier molecular flexibility index (Phi) is 5.52. The van der Waals surface area contributed by atoms with E-state index in [1.54, 1.807) is 31.2 Å². The molecule has 138 valence electrons. The molecular weight excluding hydrogens is 338 g/mol. The van der Waals surface area contributed by atoms with Gasteiger partial charge in [0, 0.05) is 13.2 Å². The Hall–Kier alpha value is -2.47. The molecule has 6 heteroatoms. The van der Waals surface area contributed by atoms with Gasteiger partial charge in [0.15, 0.2) is 0 Å². The summed E-state index contributed by atoms with van der Waals surface area (Å²) in [6.07, 6.45) is 1.82. The van der Waals surface area contributed by atoms with E-state index >= 15 is 0 Å². The first kappa shape index (κ1) is 18.3. The van der Waals surface area contributed by atoms with Crippen molar-refractivity contribution in [2.24, 2.45) is 0 Å². The van der Waals surface area contributed by atoms with Gasteiger partial charge in [-0.1, -0.05) is 24.3 Å². The highest BCUT2D eigenvalue weighted by molar-refractivity contribution is 5.90. The molecule has 2 amide bonds.